The number of hydrogen-bond donors (Lipinski definition) is 1. The Balaban J connectivity index is 1.66. The Morgan fingerprint density at radius 2 is 1.88 bits per heavy atom. The quantitative estimate of drug-likeness (QED) is 0.775. The third-order valence-corrected chi connectivity index (χ3v) is 3.78. The third-order valence-electron chi connectivity index (χ3n) is 3.78. The number of aliphatic hydroxyl groups is 1. The first-order chi connectivity index (χ1) is 8.24. The number of β-amino-alcohol motifs (C(OH)–C–C–N with tert-alkyl or cyclic N) is 1. The smallest absolute Gasteiger partial charge is 0.0793 e. The van der Waals surface area contributed by atoms with Crippen LogP contribution < -0.4 is 0 Å². The standard InChI is InChI=1S/C13H26N2O2/c1-12-3-2-4-15(9-12)11-13(16)10-14-5-7-17-8-6-14/h12-13,16H,2-11H2,1H3. The van der Waals surface area contributed by atoms with Crippen molar-refractivity contribution in [1.29, 1.82) is 0 Å². The Labute approximate surface area is 105 Å². The minimum atomic E-state index is -0.210. The molecule has 0 aromatic carbocycles. The number of ether oxygens (including phenoxy) is 1. The van der Waals surface area contributed by atoms with E-state index >= 15 is 0 Å². The third kappa shape index (κ3) is 4.54. The average Bonchev–Trinajstić information content (AvgIpc) is 2.30. The van der Waals surface area contributed by atoms with Crippen LogP contribution in [0.4, 0.5) is 0 Å². The van der Waals surface area contributed by atoms with Gasteiger partial charge in [-0.25, -0.2) is 0 Å². The van der Waals surface area contributed by atoms with Crippen LogP contribution in [-0.2, 0) is 4.74 Å². The van der Waals surface area contributed by atoms with Gasteiger partial charge in [0.05, 0.1) is 19.3 Å². The maximum absolute atomic E-state index is 10.1. The van der Waals surface area contributed by atoms with Crippen molar-refractivity contribution in [3.05, 3.63) is 0 Å². The van der Waals surface area contributed by atoms with E-state index in [0.717, 1.165) is 58.4 Å². The number of rotatable bonds is 4. The fourth-order valence-electron chi connectivity index (χ4n) is 2.89. The van der Waals surface area contributed by atoms with Gasteiger partial charge in [-0.15, -0.1) is 0 Å². The van der Waals surface area contributed by atoms with Crippen molar-refractivity contribution in [2.24, 2.45) is 5.92 Å². The normalized spacial score (nSPS) is 30.4. The van der Waals surface area contributed by atoms with E-state index in [1.165, 1.54) is 12.8 Å². The zero-order chi connectivity index (χ0) is 12.1. The predicted octanol–water partition coefficient (Wildman–Crippen LogP) is 0.411. The Morgan fingerprint density at radius 1 is 1.18 bits per heavy atom. The van der Waals surface area contributed by atoms with Gasteiger partial charge in [0, 0.05) is 32.7 Å². The first kappa shape index (κ1) is 13.3. The molecule has 0 bridgehead atoms. The summed E-state index contributed by atoms with van der Waals surface area (Å²) in [7, 11) is 0. The molecular formula is C13H26N2O2. The fourth-order valence-corrected chi connectivity index (χ4v) is 2.89. The fraction of sp³-hybridized carbons (Fsp3) is 1.00. The molecule has 2 aliphatic rings. The second-order valence-corrected chi connectivity index (χ2v) is 5.57. The average molecular weight is 242 g/mol. The summed E-state index contributed by atoms with van der Waals surface area (Å²) >= 11 is 0. The molecule has 0 amide bonds. The van der Waals surface area contributed by atoms with E-state index in [1.807, 2.05) is 0 Å². The number of morpholine rings is 1. The first-order valence-corrected chi connectivity index (χ1v) is 6.94. The molecule has 0 aromatic rings. The van der Waals surface area contributed by atoms with Crippen molar-refractivity contribution >= 4 is 0 Å². The van der Waals surface area contributed by atoms with Crippen LogP contribution in [0.1, 0.15) is 19.8 Å². The highest BCUT2D eigenvalue weighted by atomic mass is 16.5. The molecule has 0 aromatic heterocycles. The minimum Gasteiger partial charge on any atom is -0.390 e. The van der Waals surface area contributed by atoms with E-state index < -0.39 is 0 Å². The summed E-state index contributed by atoms with van der Waals surface area (Å²) in [5.41, 5.74) is 0. The van der Waals surface area contributed by atoms with Gasteiger partial charge in [-0.3, -0.25) is 4.90 Å². The molecule has 2 fully saturated rings. The highest BCUT2D eigenvalue weighted by Crippen LogP contribution is 2.15. The van der Waals surface area contributed by atoms with Gasteiger partial charge >= 0.3 is 0 Å². The number of piperidine rings is 1. The molecule has 2 heterocycles. The molecule has 4 heteroatoms. The molecule has 0 spiro atoms. The van der Waals surface area contributed by atoms with E-state index in [2.05, 4.69) is 16.7 Å². The van der Waals surface area contributed by atoms with E-state index in [0.29, 0.717) is 0 Å². The summed E-state index contributed by atoms with van der Waals surface area (Å²) in [6.45, 7) is 9.81. The largest absolute Gasteiger partial charge is 0.390 e. The van der Waals surface area contributed by atoms with Crippen LogP contribution in [-0.4, -0.2) is 73.5 Å². The Bertz CT molecular complexity index is 219. The van der Waals surface area contributed by atoms with Gasteiger partial charge in [-0.05, 0) is 25.3 Å². The van der Waals surface area contributed by atoms with Crippen molar-refractivity contribution in [2.75, 3.05) is 52.5 Å². The number of likely N-dealkylation sites (tertiary alicyclic amines) is 1. The second-order valence-electron chi connectivity index (χ2n) is 5.57. The van der Waals surface area contributed by atoms with Gasteiger partial charge in [0.1, 0.15) is 0 Å². The predicted molar refractivity (Wildman–Crippen MR) is 68.1 cm³/mol. The number of nitrogens with zero attached hydrogens (tertiary/aromatic N) is 2. The van der Waals surface area contributed by atoms with Gasteiger partial charge in [0.25, 0.3) is 0 Å². The molecule has 0 saturated carbocycles. The van der Waals surface area contributed by atoms with E-state index in [1.54, 1.807) is 0 Å². The summed E-state index contributed by atoms with van der Waals surface area (Å²) in [5.74, 6) is 0.791. The molecule has 0 radical (unpaired) electrons. The molecule has 2 rings (SSSR count). The molecule has 2 aliphatic heterocycles. The van der Waals surface area contributed by atoms with Crippen molar-refractivity contribution in [3.8, 4) is 0 Å². The lowest BCUT2D eigenvalue weighted by Gasteiger charge is -2.34. The van der Waals surface area contributed by atoms with Crippen LogP contribution in [0, 0.1) is 5.92 Å². The Morgan fingerprint density at radius 3 is 2.59 bits per heavy atom. The molecular weight excluding hydrogens is 216 g/mol. The van der Waals surface area contributed by atoms with Gasteiger partial charge in [0.15, 0.2) is 0 Å². The monoisotopic (exact) mass is 242 g/mol. The van der Waals surface area contributed by atoms with E-state index in [-0.39, 0.29) is 6.10 Å². The van der Waals surface area contributed by atoms with Gasteiger partial charge in [-0.2, -0.15) is 0 Å². The lowest BCUT2D eigenvalue weighted by molar-refractivity contribution is 0.00382. The summed E-state index contributed by atoms with van der Waals surface area (Å²) < 4.78 is 5.31. The minimum absolute atomic E-state index is 0.210. The number of hydrogen-bond acceptors (Lipinski definition) is 4. The molecule has 17 heavy (non-hydrogen) atoms. The summed E-state index contributed by atoms with van der Waals surface area (Å²) in [5, 5.41) is 10.1. The lowest BCUT2D eigenvalue weighted by atomic mass is 10.00. The SMILES string of the molecule is CC1CCCN(CC(O)CN2CCOCC2)C1. The number of aliphatic hydroxyl groups excluding tert-OH is 1. The van der Waals surface area contributed by atoms with Crippen molar-refractivity contribution in [3.63, 3.8) is 0 Å². The first-order valence-electron chi connectivity index (χ1n) is 6.94. The Kier molecular flexibility index (Phi) is 5.22. The molecule has 100 valence electrons. The van der Waals surface area contributed by atoms with Crippen LogP contribution in [0.2, 0.25) is 0 Å². The van der Waals surface area contributed by atoms with Crippen LogP contribution >= 0.6 is 0 Å². The molecule has 1 N–H and O–H groups in total. The van der Waals surface area contributed by atoms with Crippen LogP contribution in [0.5, 0.6) is 0 Å². The Hall–Kier alpha value is -0.160. The molecule has 2 unspecified atom stereocenters. The van der Waals surface area contributed by atoms with Crippen LogP contribution in [0.25, 0.3) is 0 Å². The highest BCUT2D eigenvalue weighted by molar-refractivity contribution is 4.75. The van der Waals surface area contributed by atoms with Crippen molar-refractivity contribution in [2.45, 2.75) is 25.9 Å². The van der Waals surface area contributed by atoms with Gasteiger partial charge < -0.3 is 14.7 Å². The summed E-state index contributed by atoms with van der Waals surface area (Å²) in [6, 6.07) is 0. The van der Waals surface area contributed by atoms with Crippen LogP contribution in [0.15, 0.2) is 0 Å². The molecule has 4 nitrogen and oxygen atoms in total. The zero-order valence-electron chi connectivity index (χ0n) is 11.0. The van der Waals surface area contributed by atoms with E-state index in [4.69, 9.17) is 4.74 Å². The second kappa shape index (κ2) is 6.69. The molecule has 2 saturated heterocycles. The summed E-state index contributed by atoms with van der Waals surface area (Å²) in [6.07, 6.45) is 2.42. The maximum Gasteiger partial charge on any atom is 0.0793 e. The highest BCUT2D eigenvalue weighted by Gasteiger charge is 2.20. The summed E-state index contributed by atoms with van der Waals surface area (Å²) in [4.78, 5) is 4.72. The van der Waals surface area contributed by atoms with Gasteiger partial charge in [-0.1, -0.05) is 6.92 Å². The molecule has 0 aliphatic carbocycles. The molecule has 2 atom stereocenters. The maximum atomic E-state index is 10.1. The van der Waals surface area contributed by atoms with Crippen molar-refractivity contribution < 1.29 is 9.84 Å². The topological polar surface area (TPSA) is 35.9 Å². The van der Waals surface area contributed by atoms with E-state index in [9.17, 15) is 5.11 Å². The zero-order valence-corrected chi connectivity index (χ0v) is 11.0. The van der Waals surface area contributed by atoms with Gasteiger partial charge in [0.2, 0.25) is 0 Å². The lowest BCUT2D eigenvalue weighted by Crippen LogP contribution is -2.46. The van der Waals surface area contributed by atoms with Crippen molar-refractivity contribution in [1.82, 2.24) is 9.80 Å². The van der Waals surface area contributed by atoms with Crippen LogP contribution in [0.3, 0.4) is 0 Å².